The minimum absolute atomic E-state index is 0.274. The molecule has 0 bridgehead atoms. The van der Waals surface area contributed by atoms with Crippen molar-refractivity contribution in [3.63, 3.8) is 0 Å². The molecule has 0 spiro atoms. The van der Waals surface area contributed by atoms with Crippen LogP contribution in [-0.4, -0.2) is 22.0 Å². The normalized spacial score (nSPS) is 13.3. The lowest BCUT2D eigenvalue weighted by Gasteiger charge is -2.30. The zero-order valence-corrected chi connectivity index (χ0v) is 16.7. The third kappa shape index (κ3) is 3.50. The molecule has 150 valence electrons. The number of halogens is 2. The minimum atomic E-state index is -0.369. The summed E-state index contributed by atoms with van der Waals surface area (Å²) in [6.45, 7) is 2.32. The molecule has 1 amide bonds. The van der Waals surface area contributed by atoms with Crippen molar-refractivity contribution in [3.8, 4) is 0 Å². The second-order valence-electron chi connectivity index (χ2n) is 7.25. The van der Waals surface area contributed by atoms with E-state index in [4.69, 9.17) is 16.6 Å². The molecular formula is C23H18ClFN4O. The number of amides is 1. The van der Waals surface area contributed by atoms with Crippen molar-refractivity contribution in [2.75, 3.05) is 16.8 Å². The number of carbonyl (C=O) groups excluding carboxylic acids is 1. The maximum Gasteiger partial charge on any atom is 0.255 e. The first-order valence-electron chi connectivity index (χ1n) is 9.63. The number of fused-ring (bicyclic) bond motifs is 3. The molecule has 5 rings (SSSR count). The van der Waals surface area contributed by atoms with Crippen LogP contribution in [0.4, 0.5) is 15.8 Å². The Morgan fingerprint density at radius 1 is 1.03 bits per heavy atom. The van der Waals surface area contributed by atoms with Gasteiger partial charge in [-0.3, -0.25) is 4.79 Å². The first-order chi connectivity index (χ1) is 14.6. The van der Waals surface area contributed by atoms with Gasteiger partial charge >= 0.3 is 0 Å². The van der Waals surface area contributed by atoms with E-state index < -0.39 is 0 Å². The van der Waals surface area contributed by atoms with Gasteiger partial charge in [0.2, 0.25) is 0 Å². The summed E-state index contributed by atoms with van der Waals surface area (Å²) < 4.78 is 15.3. The third-order valence-electron chi connectivity index (χ3n) is 5.29. The first-order valence-corrected chi connectivity index (χ1v) is 10.0. The zero-order valence-electron chi connectivity index (χ0n) is 16.0. The Kier molecular flexibility index (Phi) is 4.64. The lowest BCUT2D eigenvalue weighted by atomic mass is 10.2. The van der Waals surface area contributed by atoms with Crippen LogP contribution in [0.5, 0.6) is 0 Å². The highest BCUT2D eigenvalue weighted by atomic mass is 35.5. The molecule has 0 atom stereocenters. The number of nitrogens with one attached hydrogen (secondary N) is 1. The lowest BCUT2D eigenvalue weighted by Crippen LogP contribution is -2.33. The number of hydrogen-bond donors (Lipinski definition) is 1. The van der Waals surface area contributed by atoms with Crippen molar-refractivity contribution in [1.29, 1.82) is 0 Å². The van der Waals surface area contributed by atoms with Gasteiger partial charge in [0.15, 0.2) is 0 Å². The fraction of sp³-hybridized carbons (Fsp3) is 0.130. The van der Waals surface area contributed by atoms with Gasteiger partial charge in [-0.2, -0.15) is 0 Å². The van der Waals surface area contributed by atoms with Crippen molar-refractivity contribution < 1.29 is 9.18 Å². The zero-order chi connectivity index (χ0) is 20.7. The molecule has 0 saturated heterocycles. The van der Waals surface area contributed by atoms with E-state index in [1.54, 1.807) is 0 Å². The minimum Gasteiger partial charge on any atom is -0.362 e. The highest BCUT2D eigenvalue weighted by Crippen LogP contribution is 2.28. The van der Waals surface area contributed by atoms with Crippen LogP contribution < -0.4 is 10.2 Å². The number of benzene rings is 3. The van der Waals surface area contributed by atoms with Gasteiger partial charge in [0.1, 0.15) is 11.6 Å². The van der Waals surface area contributed by atoms with Crippen LogP contribution in [0.2, 0.25) is 5.02 Å². The van der Waals surface area contributed by atoms with E-state index in [9.17, 15) is 9.18 Å². The van der Waals surface area contributed by atoms with Crippen molar-refractivity contribution in [2.45, 2.75) is 13.1 Å². The molecule has 4 aromatic rings. The van der Waals surface area contributed by atoms with Crippen LogP contribution in [0.15, 0.2) is 66.7 Å². The van der Waals surface area contributed by atoms with Gasteiger partial charge in [-0.15, -0.1) is 0 Å². The van der Waals surface area contributed by atoms with E-state index in [1.165, 1.54) is 24.3 Å². The van der Waals surface area contributed by atoms with Gasteiger partial charge < -0.3 is 14.8 Å². The van der Waals surface area contributed by atoms with E-state index in [0.717, 1.165) is 35.6 Å². The van der Waals surface area contributed by atoms with Crippen LogP contribution in [0.25, 0.3) is 11.0 Å². The predicted octanol–water partition coefficient (Wildman–Crippen LogP) is 5.10. The Morgan fingerprint density at radius 3 is 2.70 bits per heavy atom. The van der Waals surface area contributed by atoms with Gasteiger partial charge in [0.25, 0.3) is 5.91 Å². The number of anilines is 2. The summed E-state index contributed by atoms with van der Waals surface area (Å²) in [4.78, 5) is 19.4. The molecule has 1 aromatic heterocycles. The van der Waals surface area contributed by atoms with Gasteiger partial charge in [-0.1, -0.05) is 17.7 Å². The average molecular weight is 421 g/mol. The molecule has 0 aliphatic carbocycles. The average Bonchev–Trinajstić information content (AvgIpc) is 3.11. The summed E-state index contributed by atoms with van der Waals surface area (Å²) in [7, 11) is 0. The molecule has 0 unspecified atom stereocenters. The number of rotatable bonds is 3. The van der Waals surface area contributed by atoms with Crippen LogP contribution in [0, 0.1) is 5.82 Å². The van der Waals surface area contributed by atoms with E-state index in [0.29, 0.717) is 22.8 Å². The Bertz CT molecular complexity index is 1250. The van der Waals surface area contributed by atoms with Crippen LogP contribution in [-0.2, 0) is 13.1 Å². The van der Waals surface area contributed by atoms with E-state index in [1.807, 2.05) is 42.5 Å². The number of nitrogens with zero attached hydrogens (tertiary/aromatic N) is 3. The number of carbonyl (C=O) groups is 1. The molecule has 0 fully saturated rings. The summed E-state index contributed by atoms with van der Waals surface area (Å²) in [5.74, 6) is 0.343. The Morgan fingerprint density at radius 2 is 1.87 bits per heavy atom. The van der Waals surface area contributed by atoms with Gasteiger partial charge in [0, 0.05) is 35.1 Å². The van der Waals surface area contributed by atoms with E-state index in [2.05, 4.69) is 14.8 Å². The molecule has 1 aliphatic heterocycles. The molecular weight excluding hydrogens is 403 g/mol. The Labute approximate surface area is 177 Å². The second-order valence-corrected chi connectivity index (χ2v) is 7.68. The van der Waals surface area contributed by atoms with Crippen molar-refractivity contribution in [1.82, 2.24) is 9.55 Å². The van der Waals surface area contributed by atoms with Gasteiger partial charge in [0.05, 0.1) is 17.6 Å². The highest BCUT2D eigenvalue weighted by Gasteiger charge is 2.21. The molecule has 7 heteroatoms. The summed E-state index contributed by atoms with van der Waals surface area (Å²) >= 11 is 6.11. The number of aromatic nitrogens is 2. The lowest BCUT2D eigenvalue weighted by molar-refractivity contribution is 0.102. The van der Waals surface area contributed by atoms with E-state index in [-0.39, 0.29) is 11.7 Å². The van der Waals surface area contributed by atoms with Crippen molar-refractivity contribution in [2.24, 2.45) is 0 Å². The molecule has 2 heterocycles. The first kappa shape index (κ1) is 18.6. The maximum absolute atomic E-state index is 13.1. The molecule has 0 radical (unpaired) electrons. The van der Waals surface area contributed by atoms with Gasteiger partial charge in [-0.25, -0.2) is 9.37 Å². The van der Waals surface area contributed by atoms with Crippen LogP contribution >= 0.6 is 11.6 Å². The predicted molar refractivity (Wildman–Crippen MR) is 117 cm³/mol. The van der Waals surface area contributed by atoms with Crippen LogP contribution in [0.1, 0.15) is 16.2 Å². The maximum atomic E-state index is 13.1. The summed E-state index contributed by atoms with van der Waals surface area (Å²) in [6.07, 6.45) is 0. The van der Waals surface area contributed by atoms with Crippen molar-refractivity contribution >= 4 is 39.9 Å². The highest BCUT2D eigenvalue weighted by molar-refractivity contribution is 6.31. The Balaban J connectivity index is 1.36. The van der Waals surface area contributed by atoms with Crippen molar-refractivity contribution in [3.05, 3.63) is 89.0 Å². The quantitative estimate of drug-likeness (QED) is 0.501. The van der Waals surface area contributed by atoms with Crippen LogP contribution in [0.3, 0.4) is 0 Å². The Hall–Kier alpha value is -3.38. The number of hydrogen-bond acceptors (Lipinski definition) is 3. The molecule has 30 heavy (non-hydrogen) atoms. The standard InChI is InChI=1S/C23H18ClFN4O/c24-16-6-9-21-20(12-16)27-22-14-28(10-11-29(21)22)19-3-1-2-18(13-19)26-23(30)15-4-7-17(25)8-5-15/h1-9,12-13H,10-11,14H2,(H,26,30). The molecule has 1 N–H and O–H groups in total. The fourth-order valence-electron chi connectivity index (χ4n) is 3.80. The third-order valence-corrected chi connectivity index (χ3v) is 5.53. The number of imidazole rings is 1. The monoisotopic (exact) mass is 420 g/mol. The summed E-state index contributed by atoms with van der Waals surface area (Å²) in [5.41, 5.74) is 4.09. The largest absolute Gasteiger partial charge is 0.362 e. The smallest absolute Gasteiger partial charge is 0.255 e. The summed E-state index contributed by atoms with van der Waals surface area (Å²) in [5, 5.41) is 3.56. The second kappa shape index (κ2) is 7.46. The van der Waals surface area contributed by atoms with Gasteiger partial charge in [-0.05, 0) is 60.7 Å². The van der Waals surface area contributed by atoms with E-state index >= 15 is 0 Å². The topological polar surface area (TPSA) is 50.2 Å². The summed E-state index contributed by atoms with van der Waals surface area (Å²) in [6, 6.07) is 19.0. The fourth-order valence-corrected chi connectivity index (χ4v) is 3.97. The molecule has 5 nitrogen and oxygen atoms in total. The molecule has 1 aliphatic rings. The molecule has 0 saturated carbocycles. The molecule has 3 aromatic carbocycles. The SMILES string of the molecule is O=C(Nc1cccc(N2CCn3c(nc4cc(Cl)ccc43)C2)c1)c1ccc(F)cc1.